The number of aromatic nitrogens is 2. The number of nitrogens with zero attached hydrogens (tertiary/aromatic N) is 3. The average molecular weight is 580 g/mol. The van der Waals surface area contributed by atoms with Crippen molar-refractivity contribution < 1.29 is 4.79 Å². The number of amidine groups is 1. The average Bonchev–Trinajstić information content (AvgIpc) is 2.85. The van der Waals surface area contributed by atoms with E-state index in [1.54, 1.807) is 6.07 Å². The van der Waals surface area contributed by atoms with Crippen molar-refractivity contribution in [3.8, 4) is 0 Å². The van der Waals surface area contributed by atoms with Crippen LogP contribution in [-0.2, 0) is 0 Å². The van der Waals surface area contributed by atoms with E-state index in [1.165, 1.54) is 0 Å². The van der Waals surface area contributed by atoms with Crippen molar-refractivity contribution in [3.05, 3.63) is 64.9 Å². The van der Waals surface area contributed by atoms with Gasteiger partial charge in [-0.05, 0) is 42.9 Å². The van der Waals surface area contributed by atoms with Crippen molar-refractivity contribution >= 4 is 64.9 Å². The highest BCUT2D eigenvalue weighted by molar-refractivity contribution is 6.31. The summed E-state index contributed by atoms with van der Waals surface area (Å²) in [6.07, 6.45) is 4.88. The Balaban J connectivity index is 0.00000253. The molecule has 4 rings (SSSR count). The molecule has 4 N–H and O–H groups in total. The van der Waals surface area contributed by atoms with Gasteiger partial charge >= 0.3 is 0 Å². The van der Waals surface area contributed by atoms with E-state index >= 15 is 0 Å². The summed E-state index contributed by atoms with van der Waals surface area (Å²) in [5, 5.41) is 7.90. The van der Waals surface area contributed by atoms with Crippen LogP contribution in [0.5, 0.6) is 0 Å². The first-order valence-corrected chi connectivity index (χ1v) is 13.0. The van der Waals surface area contributed by atoms with Crippen LogP contribution in [0.25, 0.3) is 10.9 Å². The fraction of sp³-hybridized carbons (Fsp3) is 0.429. The summed E-state index contributed by atoms with van der Waals surface area (Å²) in [6, 6.07) is 15.3. The van der Waals surface area contributed by atoms with Gasteiger partial charge in [0.25, 0.3) is 5.91 Å². The molecule has 1 aromatic heterocycles. The van der Waals surface area contributed by atoms with Crippen LogP contribution in [0.4, 0.5) is 5.82 Å². The van der Waals surface area contributed by atoms with Crippen molar-refractivity contribution in [1.82, 2.24) is 15.3 Å². The molecule has 206 valence electrons. The SMILES string of the molecule is CC(C)(C)CCNC(=O)c1nc(N[C@H]2CCCC[C@H]2N=C(N)c2ccccc2)c2cc(Cl)ccc2n1.Cl.Cl. The molecule has 38 heavy (non-hydrogen) atoms. The lowest BCUT2D eigenvalue weighted by Crippen LogP contribution is -2.37. The summed E-state index contributed by atoms with van der Waals surface area (Å²) in [5.74, 6) is 0.976. The molecule has 2 atom stereocenters. The second-order valence-electron chi connectivity index (χ2n) is 10.6. The van der Waals surface area contributed by atoms with E-state index in [-0.39, 0.29) is 54.0 Å². The maximum Gasteiger partial charge on any atom is 0.289 e. The monoisotopic (exact) mass is 578 g/mol. The lowest BCUT2D eigenvalue weighted by atomic mass is 9.90. The smallest absolute Gasteiger partial charge is 0.289 e. The van der Waals surface area contributed by atoms with Crippen LogP contribution in [0, 0.1) is 5.41 Å². The van der Waals surface area contributed by atoms with E-state index in [0.29, 0.717) is 28.7 Å². The maximum absolute atomic E-state index is 12.9. The van der Waals surface area contributed by atoms with Gasteiger partial charge in [-0.15, -0.1) is 24.8 Å². The van der Waals surface area contributed by atoms with Crippen LogP contribution < -0.4 is 16.4 Å². The van der Waals surface area contributed by atoms with Gasteiger partial charge in [0.05, 0.1) is 11.6 Å². The number of nitrogens with two attached hydrogens (primary N) is 1. The van der Waals surface area contributed by atoms with Crippen molar-refractivity contribution in [1.29, 1.82) is 0 Å². The van der Waals surface area contributed by atoms with Gasteiger partial charge in [-0.25, -0.2) is 9.97 Å². The summed E-state index contributed by atoms with van der Waals surface area (Å²) in [5.41, 5.74) is 8.06. The minimum atomic E-state index is -0.286. The molecule has 1 heterocycles. The Morgan fingerprint density at radius 2 is 1.79 bits per heavy atom. The van der Waals surface area contributed by atoms with Gasteiger partial charge in [-0.3, -0.25) is 9.79 Å². The first kappa shape index (κ1) is 31.6. The zero-order valence-electron chi connectivity index (χ0n) is 22.0. The van der Waals surface area contributed by atoms with Crippen molar-refractivity contribution in [2.75, 3.05) is 11.9 Å². The molecule has 10 heteroatoms. The lowest BCUT2D eigenvalue weighted by Gasteiger charge is -2.30. The first-order valence-electron chi connectivity index (χ1n) is 12.6. The van der Waals surface area contributed by atoms with Crippen molar-refractivity contribution in [2.24, 2.45) is 16.1 Å². The molecule has 2 aromatic carbocycles. The number of fused-ring (bicyclic) bond motifs is 1. The van der Waals surface area contributed by atoms with Crippen molar-refractivity contribution in [2.45, 2.75) is 65.0 Å². The molecule has 1 aliphatic rings. The molecule has 1 aliphatic carbocycles. The highest BCUT2D eigenvalue weighted by Gasteiger charge is 2.27. The van der Waals surface area contributed by atoms with Crippen molar-refractivity contribution in [3.63, 3.8) is 0 Å². The number of carbonyl (C=O) groups is 1. The van der Waals surface area contributed by atoms with E-state index in [0.717, 1.165) is 43.1 Å². The highest BCUT2D eigenvalue weighted by atomic mass is 35.5. The molecule has 0 spiro atoms. The zero-order chi connectivity index (χ0) is 25.7. The van der Waals surface area contributed by atoms with E-state index < -0.39 is 0 Å². The second-order valence-corrected chi connectivity index (χ2v) is 11.0. The third-order valence-corrected chi connectivity index (χ3v) is 6.68. The predicted molar refractivity (Wildman–Crippen MR) is 162 cm³/mol. The number of carbonyl (C=O) groups excluding carboxylic acids is 1. The predicted octanol–water partition coefficient (Wildman–Crippen LogP) is 6.42. The fourth-order valence-corrected chi connectivity index (χ4v) is 4.59. The summed E-state index contributed by atoms with van der Waals surface area (Å²) < 4.78 is 0. The Bertz CT molecular complexity index is 1250. The minimum absolute atomic E-state index is 0. The zero-order valence-corrected chi connectivity index (χ0v) is 24.4. The molecule has 1 fully saturated rings. The standard InChI is InChI=1S/C28H35ClN6O.2ClH/c1-28(2,3)15-16-31-27(36)26-33-21-14-13-19(29)17-20(21)25(35-26)34-23-12-8-7-11-22(23)32-24(30)18-9-5-4-6-10-18;;/h4-6,9-10,13-14,17,22-23H,7-8,11-12,15-16H2,1-3H3,(H2,30,32)(H,31,36)(H,33,34,35);2*1H/t22-,23+;;/m1../s1. The Morgan fingerprint density at radius 1 is 1.08 bits per heavy atom. The number of benzene rings is 2. The molecule has 0 saturated heterocycles. The third kappa shape index (κ3) is 8.45. The van der Waals surface area contributed by atoms with Crippen LogP contribution in [-0.4, -0.2) is 40.3 Å². The number of hydrogen-bond donors (Lipinski definition) is 3. The fourth-order valence-electron chi connectivity index (χ4n) is 4.41. The molecule has 0 unspecified atom stereocenters. The highest BCUT2D eigenvalue weighted by Crippen LogP contribution is 2.29. The molecule has 0 aliphatic heterocycles. The molecular weight excluding hydrogens is 543 g/mol. The Kier molecular flexibility index (Phi) is 11.6. The largest absolute Gasteiger partial charge is 0.383 e. The van der Waals surface area contributed by atoms with Crippen LogP contribution in [0.2, 0.25) is 5.02 Å². The van der Waals surface area contributed by atoms with Gasteiger partial charge in [0.15, 0.2) is 0 Å². The number of halogens is 3. The number of hydrogen-bond acceptors (Lipinski definition) is 5. The Hall–Kier alpha value is -2.61. The van der Waals surface area contributed by atoms with E-state index in [4.69, 9.17) is 22.3 Å². The number of aliphatic imine (C=N–C) groups is 1. The van der Waals surface area contributed by atoms with Gasteiger partial charge in [-0.1, -0.05) is 75.5 Å². The Labute approximate surface area is 242 Å². The van der Waals surface area contributed by atoms with Gasteiger partial charge < -0.3 is 16.4 Å². The Morgan fingerprint density at radius 3 is 2.50 bits per heavy atom. The number of amides is 1. The molecule has 0 radical (unpaired) electrons. The number of anilines is 1. The van der Waals surface area contributed by atoms with E-state index in [9.17, 15) is 4.79 Å². The molecular formula is C28H37Cl3N6O. The van der Waals surface area contributed by atoms with Crippen LogP contribution >= 0.6 is 36.4 Å². The topological polar surface area (TPSA) is 105 Å². The first-order chi connectivity index (χ1) is 17.2. The van der Waals surface area contributed by atoms with Crippen LogP contribution in [0.1, 0.15) is 69.1 Å². The van der Waals surface area contributed by atoms with Crippen LogP contribution in [0.15, 0.2) is 53.5 Å². The van der Waals surface area contributed by atoms with Gasteiger partial charge in [-0.2, -0.15) is 0 Å². The normalized spacial score (nSPS) is 17.7. The second kappa shape index (κ2) is 14.0. The quantitative estimate of drug-likeness (QED) is 0.221. The van der Waals surface area contributed by atoms with Gasteiger partial charge in [0, 0.05) is 28.6 Å². The minimum Gasteiger partial charge on any atom is -0.383 e. The summed E-state index contributed by atoms with van der Waals surface area (Å²) in [7, 11) is 0. The lowest BCUT2D eigenvalue weighted by molar-refractivity contribution is 0.0939. The molecule has 1 amide bonds. The summed E-state index contributed by atoms with van der Waals surface area (Å²) in [4.78, 5) is 27.0. The number of nitrogens with one attached hydrogen (secondary N) is 2. The van der Waals surface area contributed by atoms with Crippen LogP contribution in [0.3, 0.4) is 0 Å². The van der Waals surface area contributed by atoms with Gasteiger partial charge in [0.2, 0.25) is 5.82 Å². The van der Waals surface area contributed by atoms with E-state index in [2.05, 4.69) is 41.4 Å². The molecule has 7 nitrogen and oxygen atoms in total. The molecule has 0 bridgehead atoms. The third-order valence-electron chi connectivity index (χ3n) is 6.45. The molecule has 3 aromatic rings. The summed E-state index contributed by atoms with van der Waals surface area (Å²) >= 11 is 6.31. The van der Waals surface area contributed by atoms with E-state index in [1.807, 2.05) is 42.5 Å². The maximum atomic E-state index is 12.9. The number of rotatable bonds is 7. The molecule has 1 saturated carbocycles. The van der Waals surface area contributed by atoms with Gasteiger partial charge in [0.1, 0.15) is 11.7 Å². The summed E-state index contributed by atoms with van der Waals surface area (Å²) in [6.45, 7) is 6.99.